The summed E-state index contributed by atoms with van der Waals surface area (Å²) in [6.45, 7) is 0. The lowest BCUT2D eigenvalue weighted by Gasteiger charge is -2.28. The predicted octanol–water partition coefficient (Wildman–Crippen LogP) is 16.0. The summed E-state index contributed by atoms with van der Waals surface area (Å²) in [5.41, 5.74) is 12.5. The molecule has 1 heterocycles. The van der Waals surface area contributed by atoms with E-state index in [1.54, 1.807) is 0 Å². The predicted molar refractivity (Wildman–Crippen MR) is 245 cm³/mol. The summed E-state index contributed by atoms with van der Waals surface area (Å²) < 4.78 is 6.22. The van der Waals surface area contributed by atoms with E-state index < -0.39 is 0 Å². The molecule has 0 spiro atoms. The van der Waals surface area contributed by atoms with E-state index in [1.807, 2.05) is 18.2 Å². The highest BCUT2D eigenvalue weighted by Crippen LogP contribution is 2.43. The Morgan fingerprint density at radius 3 is 1.59 bits per heavy atom. The minimum absolute atomic E-state index is 0.879. The highest BCUT2D eigenvalue weighted by atomic mass is 16.3. The second kappa shape index (κ2) is 14.1. The van der Waals surface area contributed by atoms with Gasteiger partial charge >= 0.3 is 0 Å². The van der Waals surface area contributed by atoms with Gasteiger partial charge in [-0.25, -0.2) is 0 Å². The number of fused-ring (bicyclic) bond motifs is 5. The molecule has 2 nitrogen and oxygen atoms in total. The van der Waals surface area contributed by atoms with Gasteiger partial charge in [0.05, 0.1) is 5.69 Å². The van der Waals surface area contributed by atoms with Crippen LogP contribution in [0.15, 0.2) is 229 Å². The maximum Gasteiger partial charge on any atom is 0.135 e. The summed E-state index contributed by atoms with van der Waals surface area (Å²) >= 11 is 0. The third kappa shape index (κ3) is 6.09. The maximum absolute atomic E-state index is 6.22. The summed E-state index contributed by atoms with van der Waals surface area (Å²) in [6.07, 6.45) is 0. The smallest absolute Gasteiger partial charge is 0.135 e. The molecule has 0 unspecified atom stereocenters. The summed E-state index contributed by atoms with van der Waals surface area (Å²) in [6, 6.07) is 80.8. The number of hydrogen-bond donors (Lipinski definition) is 0. The third-order valence-corrected chi connectivity index (χ3v) is 11.4. The first-order valence-electron chi connectivity index (χ1n) is 19.8. The summed E-state index contributed by atoms with van der Waals surface area (Å²) in [5.74, 6) is 0.879. The normalized spacial score (nSPS) is 11.4. The molecular weight excluding hydrogens is 703 g/mol. The Balaban J connectivity index is 0.992. The van der Waals surface area contributed by atoms with Crippen molar-refractivity contribution in [3.63, 3.8) is 0 Å². The number of benzene rings is 10. The molecule has 2 heteroatoms. The summed E-state index contributed by atoms with van der Waals surface area (Å²) in [4.78, 5) is 2.42. The molecule has 0 bridgehead atoms. The quantitative estimate of drug-likeness (QED) is 0.151. The molecule has 0 amide bonds. The molecule has 0 saturated heterocycles. The lowest BCUT2D eigenvalue weighted by atomic mass is 9.97. The second-order valence-electron chi connectivity index (χ2n) is 15.0. The van der Waals surface area contributed by atoms with Crippen LogP contribution in [-0.4, -0.2) is 0 Å². The molecule has 0 N–H and O–H groups in total. The van der Waals surface area contributed by atoms with Crippen molar-refractivity contribution >= 4 is 60.3 Å². The zero-order valence-electron chi connectivity index (χ0n) is 31.7. The van der Waals surface area contributed by atoms with Crippen LogP contribution in [0.25, 0.3) is 88.0 Å². The Morgan fingerprint density at radius 1 is 0.276 bits per heavy atom. The molecule has 10 aromatic carbocycles. The zero-order chi connectivity index (χ0) is 38.4. The van der Waals surface area contributed by atoms with Crippen molar-refractivity contribution < 1.29 is 4.42 Å². The topological polar surface area (TPSA) is 16.4 Å². The van der Waals surface area contributed by atoms with Gasteiger partial charge in [0.25, 0.3) is 0 Å². The van der Waals surface area contributed by atoms with Gasteiger partial charge in [0, 0.05) is 27.7 Å². The van der Waals surface area contributed by atoms with E-state index in [4.69, 9.17) is 4.42 Å². The van der Waals surface area contributed by atoms with Crippen molar-refractivity contribution in [2.75, 3.05) is 4.90 Å². The van der Waals surface area contributed by atoms with Crippen LogP contribution in [0.5, 0.6) is 0 Å². The number of rotatable bonds is 7. The van der Waals surface area contributed by atoms with Gasteiger partial charge in [0.2, 0.25) is 0 Å². The summed E-state index contributed by atoms with van der Waals surface area (Å²) in [7, 11) is 0. The third-order valence-electron chi connectivity index (χ3n) is 11.4. The number of hydrogen-bond acceptors (Lipinski definition) is 2. The van der Waals surface area contributed by atoms with Crippen molar-refractivity contribution in [3.05, 3.63) is 224 Å². The number of anilines is 3. The van der Waals surface area contributed by atoms with Gasteiger partial charge in [-0.3, -0.25) is 0 Å². The molecule has 0 fully saturated rings. The van der Waals surface area contributed by atoms with Gasteiger partial charge in [0.1, 0.15) is 11.3 Å². The molecule has 11 aromatic rings. The van der Waals surface area contributed by atoms with Gasteiger partial charge in [0.15, 0.2) is 0 Å². The Hall–Kier alpha value is -7.68. The Labute approximate surface area is 337 Å². The van der Waals surface area contributed by atoms with E-state index in [0.717, 1.165) is 44.9 Å². The molecule has 58 heavy (non-hydrogen) atoms. The maximum atomic E-state index is 6.22. The van der Waals surface area contributed by atoms with Crippen LogP contribution < -0.4 is 4.90 Å². The fourth-order valence-electron chi connectivity index (χ4n) is 8.46. The molecule has 1 aromatic heterocycles. The molecule has 0 saturated carbocycles. The van der Waals surface area contributed by atoms with Crippen molar-refractivity contribution in [1.82, 2.24) is 0 Å². The fraction of sp³-hybridized carbons (Fsp3) is 0. The fourth-order valence-corrected chi connectivity index (χ4v) is 8.46. The second-order valence-corrected chi connectivity index (χ2v) is 15.0. The van der Waals surface area contributed by atoms with Crippen molar-refractivity contribution in [2.24, 2.45) is 0 Å². The Kier molecular flexibility index (Phi) is 8.19. The molecule has 0 aliphatic carbocycles. The molecule has 11 rings (SSSR count). The van der Waals surface area contributed by atoms with E-state index in [2.05, 4.69) is 211 Å². The Morgan fingerprint density at radius 2 is 0.810 bits per heavy atom. The zero-order valence-corrected chi connectivity index (χ0v) is 31.7. The number of para-hydroxylation sites is 1. The first kappa shape index (κ1) is 33.6. The number of furan rings is 1. The first-order chi connectivity index (χ1) is 28.7. The van der Waals surface area contributed by atoms with Crippen LogP contribution >= 0.6 is 0 Å². The molecule has 0 aliphatic rings. The van der Waals surface area contributed by atoms with Crippen LogP contribution in [0.4, 0.5) is 17.1 Å². The van der Waals surface area contributed by atoms with Crippen LogP contribution in [-0.2, 0) is 0 Å². The molecule has 0 atom stereocenters. The average Bonchev–Trinajstić information content (AvgIpc) is 3.74. The minimum atomic E-state index is 0.879. The van der Waals surface area contributed by atoms with Gasteiger partial charge in [-0.2, -0.15) is 0 Å². The molecular formula is C56H37NO. The van der Waals surface area contributed by atoms with Crippen molar-refractivity contribution in [2.45, 2.75) is 0 Å². The molecule has 0 radical (unpaired) electrons. The standard InChI is InChI=1S/C56H37NO/c1-2-11-38(12-3-1)39-21-23-40(24-22-39)41-27-30-49(31-28-41)57(54-36-46-13-4-6-17-51(46)52-18-7-8-19-53(52)54)50-32-29-44-33-43(25-26-45(44)35-50)42-15-10-16-47(34-42)56-37-48-14-5-9-20-55(48)58-56/h1-37H. The molecule has 272 valence electrons. The first-order valence-corrected chi connectivity index (χ1v) is 19.8. The molecule has 0 aliphatic heterocycles. The van der Waals surface area contributed by atoms with Gasteiger partial charge in [-0.05, 0) is 115 Å². The van der Waals surface area contributed by atoms with Crippen LogP contribution in [0, 0.1) is 0 Å². The van der Waals surface area contributed by atoms with Crippen LogP contribution in [0.3, 0.4) is 0 Å². The lowest BCUT2D eigenvalue weighted by Crippen LogP contribution is -2.10. The largest absolute Gasteiger partial charge is 0.456 e. The highest BCUT2D eigenvalue weighted by Gasteiger charge is 2.18. The Bertz CT molecular complexity index is 3240. The SMILES string of the molecule is c1ccc(-c2ccc(-c3ccc(N(c4ccc5cc(-c6cccc(-c7cc8ccccc8o7)c6)ccc5c4)c4cc5ccccc5c5ccccc45)cc3)cc2)cc1. The average molecular weight is 740 g/mol. The van der Waals surface area contributed by atoms with E-state index in [-0.39, 0.29) is 0 Å². The highest BCUT2D eigenvalue weighted by molar-refractivity contribution is 6.14. The van der Waals surface area contributed by atoms with Crippen molar-refractivity contribution in [1.29, 1.82) is 0 Å². The van der Waals surface area contributed by atoms with E-state index >= 15 is 0 Å². The summed E-state index contributed by atoms with van der Waals surface area (Å²) in [5, 5.41) is 8.40. The number of nitrogens with zero attached hydrogens (tertiary/aromatic N) is 1. The lowest BCUT2D eigenvalue weighted by molar-refractivity contribution is 0.631. The monoisotopic (exact) mass is 739 g/mol. The van der Waals surface area contributed by atoms with E-state index in [1.165, 1.54) is 60.1 Å². The van der Waals surface area contributed by atoms with Gasteiger partial charge in [-0.1, -0.05) is 170 Å². The van der Waals surface area contributed by atoms with E-state index in [0.29, 0.717) is 0 Å². The van der Waals surface area contributed by atoms with E-state index in [9.17, 15) is 0 Å². The van der Waals surface area contributed by atoms with Crippen molar-refractivity contribution in [3.8, 4) is 44.7 Å². The minimum Gasteiger partial charge on any atom is -0.456 e. The van der Waals surface area contributed by atoms with Crippen LogP contribution in [0.1, 0.15) is 0 Å². The van der Waals surface area contributed by atoms with Gasteiger partial charge < -0.3 is 9.32 Å². The van der Waals surface area contributed by atoms with Crippen LogP contribution in [0.2, 0.25) is 0 Å². The van der Waals surface area contributed by atoms with Gasteiger partial charge in [-0.15, -0.1) is 0 Å².